The molecule has 0 radical (unpaired) electrons. The summed E-state index contributed by atoms with van der Waals surface area (Å²) in [7, 11) is -1.42. The number of carbonyl (C=O) groups excluding carboxylic acids is 1. The summed E-state index contributed by atoms with van der Waals surface area (Å²) < 4.78 is 37.8. The van der Waals surface area contributed by atoms with Gasteiger partial charge in [-0.25, -0.2) is 13.1 Å². The molecule has 1 atom stereocenters. The number of nitrogens with one attached hydrogen (secondary N) is 1. The van der Waals surface area contributed by atoms with Crippen molar-refractivity contribution in [2.45, 2.75) is 17.4 Å². The quantitative estimate of drug-likeness (QED) is 0.647. The summed E-state index contributed by atoms with van der Waals surface area (Å²) in [4.78, 5) is 21.6. The van der Waals surface area contributed by atoms with Gasteiger partial charge in [0.1, 0.15) is 6.29 Å². The first-order valence-electron chi connectivity index (χ1n) is 7.27. The Bertz CT molecular complexity index is 959. The fraction of sp³-hybridized carbons (Fsp3) is 0.250. The molecule has 0 fully saturated rings. The van der Waals surface area contributed by atoms with E-state index in [4.69, 9.17) is 26.2 Å². The van der Waals surface area contributed by atoms with Crippen molar-refractivity contribution in [3.63, 3.8) is 0 Å². The highest BCUT2D eigenvalue weighted by molar-refractivity contribution is 7.89. The molecule has 8 nitrogen and oxygen atoms in total. The average molecular weight is 402 g/mol. The van der Waals surface area contributed by atoms with Crippen LogP contribution < -0.4 is 14.2 Å². The number of hydrogen-bond donors (Lipinski definition) is 2. The summed E-state index contributed by atoms with van der Waals surface area (Å²) >= 11 is 6.30. The van der Waals surface area contributed by atoms with E-state index in [1.54, 1.807) is 6.07 Å². The van der Waals surface area contributed by atoms with E-state index in [1.165, 1.54) is 32.4 Å². The molecule has 140 valence electrons. The zero-order valence-electron chi connectivity index (χ0n) is 13.9. The first kappa shape index (κ1) is 20.0. The van der Waals surface area contributed by atoms with Crippen molar-refractivity contribution in [1.82, 2.24) is 4.72 Å². The van der Waals surface area contributed by atoms with E-state index < -0.39 is 28.5 Å². The van der Waals surface area contributed by atoms with Gasteiger partial charge in [0.05, 0.1) is 36.6 Å². The topological polar surface area (TPSA) is 119 Å². The van der Waals surface area contributed by atoms with Gasteiger partial charge in [-0.15, -0.1) is 0 Å². The van der Waals surface area contributed by atoms with E-state index in [2.05, 4.69) is 4.72 Å². The van der Waals surface area contributed by atoms with Crippen LogP contribution in [-0.4, -0.2) is 46.0 Å². The van der Waals surface area contributed by atoms with Gasteiger partial charge in [0.2, 0.25) is 10.0 Å². The molecule has 0 aromatic heterocycles. The zero-order chi connectivity index (χ0) is 19.5. The van der Waals surface area contributed by atoms with Crippen LogP contribution in [-0.2, 0) is 19.6 Å². The van der Waals surface area contributed by atoms with Crippen LogP contribution in [0.25, 0.3) is 10.8 Å². The number of halogens is 1. The molecular weight excluding hydrogens is 386 g/mol. The Balaban J connectivity index is 2.64. The summed E-state index contributed by atoms with van der Waals surface area (Å²) in [6, 6.07) is 4.44. The highest BCUT2D eigenvalue weighted by atomic mass is 35.5. The Morgan fingerprint density at radius 3 is 2.54 bits per heavy atom. The van der Waals surface area contributed by atoms with Gasteiger partial charge >= 0.3 is 5.97 Å². The van der Waals surface area contributed by atoms with Crippen LogP contribution in [0, 0.1) is 0 Å². The van der Waals surface area contributed by atoms with Crippen LogP contribution in [0.15, 0.2) is 29.2 Å². The largest absolute Gasteiger partial charge is 0.493 e. The predicted octanol–water partition coefficient (Wildman–Crippen LogP) is 1.83. The normalized spacial score (nSPS) is 12.6. The first-order valence-corrected chi connectivity index (χ1v) is 9.14. The molecule has 0 spiro atoms. The van der Waals surface area contributed by atoms with E-state index in [0.717, 1.165) is 0 Å². The minimum Gasteiger partial charge on any atom is -0.493 e. The van der Waals surface area contributed by atoms with Crippen LogP contribution in [0.2, 0.25) is 5.02 Å². The van der Waals surface area contributed by atoms with Crippen molar-refractivity contribution in [2.75, 3.05) is 14.2 Å². The number of methoxy groups -OCH3 is 2. The number of fused-ring (bicyclic) bond motifs is 1. The van der Waals surface area contributed by atoms with E-state index >= 15 is 0 Å². The molecule has 0 saturated heterocycles. The van der Waals surface area contributed by atoms with Crippen LogP contribution in [0.1, 0.15) is 6.42 Å². The Hall–Kier alpha value is -2.36. The Labute approximate surface area is 154 Å². The van der Waals surface area contributed by atoms with E-state index in [0.29, 0.717) is 5.39 Å². The molecule has 2 aromatic carbocycles. The second kappa shape index (κ2) is 7.90. The number of benzene rings is 2. The van der Waals surface area contributed by atoms with E-state index in [1.807, 2.05) is 0 Å². The number of rotatable bonds is 8. The molecule has 2 N–H and O–H groups in total. The van der Waals surface area contributed by atoms with Crippen LogP contribution in [0.3, 0.4) is 0 Å². The number of aldehydes is 1. The standard InChI is InChI=1S/C16H16ClNO7S/c1-24-12-7-11-10(15(17)16(12)25-2)4-3-5-13(11)26(22,23)18-9(8-19)6-14(20)21/h3-5,7-9,18H,6H2,1-2H3,(H,20,21)/t9-/m0/s1. The van der Waals surface area contributed by atoms with Crippen molar-refractivity contribution in [3.05, 3.63) is 29.3 Å². The lowest BCUT2D eigenvalue weighted by atomic mass is 10.1. The van der Waals surface area contributed by atoms with Gasteiger partial charge in [-0.1, -0.05) is 23.7 Å². The predicted molar refractivity (Wildman–Crippen MR) is 94.5 cm³/mol. The van der Waals surface area contributed by atoms with Crippen LogP contribution >= 0.6 is 11.6 Å². The van der Waals surface area contributed by atoms with Gasteiger partial charge in [-0.2, -0.15) is 0 Å². The number of carboxylic acid groups (broad SMARTS) is 1. The molecular formula is C16H16ClNO7S. The summed E-state index contributed by atoms with van der Waals surface area (Å²) in [5.41, 5.74) is 0. The maximum atomic E-state index is 12.7. The van der Waals surface area contributed by atoms with Gasteiger partial charge in [0.25, 0.3) is 0 Å². The Kier molecular flexibility index (Phi) is 6.06. The maximum Gasteiger partial charge on any atom is 0.305 e. The smallest absolute Gasteiger partial charge is 0.305 e. The third-order valence-corrected chi connectivity index (χ3v) is 5.50. The number of ether oxygens (including phenoxy) is 2. The summed E-state index contributed by atoms with van der Waals surface area (Å²) in [5.74, 6) is -0.830. The average Bonchev–Trinajstić information content (AvgIpc) is 2.59. The maximum absolute atomic E-state index is 12.7. The number of hydrogen-bond acceptors (Lipinski definition) is 6. The Morgan fingerprint density at radius 1 is 1.31 bits per heavy atom. The van der Waals surface area contributed by atoms with Crippen LogP contribution in [0.5, 0.6) is 11.5 Å². The number of sulfonamides is 1. The summed E-state index contributed by atoms with van der Waals surface area (Å²) in [6.45, 7) is 0. The van der Waals surface area contributed by atoms with Crippen molar-refractivity contribution in [3.8, 4) is 11.5 Å². The minimum atomic E-state index is -4.20. The molecule has 26 heavy (non-hydrogen) atoms. The Morgan fingerprint density at radius 2 is 2.00 bits per heavy atom. The fourth-order valence-corrected chi connectivity index (χ4v) is 4.17. The van der Waals surface area contributed by atoms with Gasteiger partial charge in [-0.3, -0.25) is 4.79 Å². The van der Waals surface area contributed by atoms with Crippen molar-refractivity contribution in [2.24, 2.45) is 0 Å². The lowest BCUT2D eigenvalue weighted by Gasteiger charge is -2.16. The van der Waals surface area contributed by atoms with Gasteiger partial charge in [-0.05, 0) is 12.1 Å². The number of carboxylic acids is 1. The van der Waals surface area contributed by atoms with Crippen molar-refractivity contribution < 1.29 is 32.6 Å². The molecule has 10 heteroatoms. The third kappa shape index (κ3) is 3.90. The molecule has 0 aliphatic heterocycles. The van der Waals surface area contributed by atoms with Crippen LogP contribution in [0.4, 0.5) is 0 Å². The molecule has 0 aliphatic rings. The molecule has 0 unspecified atom stereocenters. The molecule has 0 saturated carbocycles. The minimum absolute atomic E-state index is 0.163. The van der Waals surface area contributed by atoms with Gasteiger partial charge in [0.15, 0.2) is 11.5 Å². The zero-order valence-corrected chi connectivity index (χ0v) is 15.4. The molecule has 0 amide bonds. The molecule has 0 bridgehead atoms. The molecule has 2 rings (SSSR count). The molecule has 2 aromatic rings. The van der Waals surface area contributed by atoms with E-state index in [-0.39, 0.29) is 33.1 Å². The second-order valence-corrected chi connectivity index (χ2v) is 7.30. The summed E-state index contributed by atoms with van der Waals surface area (Å²) in [6.07, 6.45) is -0.446. The van der Waals surface area contributed by atoms with Gasteiger partial charge < -0.3 is 19.4 Å². The number of carbonyl (C=O) groups is 2. The fourth-order valence-electron chi connectivity index (χ4n) is 2.46. The SMILES string of the molecule is COc1cc2c(S(=O)(=O)N[C@H](C=O)CC(=O)O)cccc2c(Cl)c1OC. The van der Waals surface area contributed by atoms with Gasteiger partial charge in [0, 0.05) is 10.8 Å². The lowest BCUT2D eigenvalue weighted by Crippen LogP contribution is -2.37. The monoisotopic (exact) mass is 401 g/mol. The second-order valence-electron chi connectivity index (χ2n) is 5.24. The first-order chi connectivity index (χ1) is 12.2. The lowest BCUT2D eigenvalue weighted by molar-refractivity contribution is -0.138. The van der Waals surface area contributed by atoms with Crippen molar-refractivity contribution >= 4 is 44.7 Å². The van der Waals surface area contributed by atoms with E-state index in [9.17, 15) is 18.0 Å². The molecule has 0 heterocycles. The highest BCUT2D eigenvalue weighted by Crippen LogP contribution is 2.42. The summed E-state index contributed by atoms with van der Waals surface area (Å²) in [5, 5.41) is 9.57. The van der Waals surface area contributed by atoms with Crippen molar-refractivity contribution in [1.29, 1.82) is 0 Å². The third-order valence-electron chi connectivity index (χ3n) is 3.58. The number of aliphatic carboxylic acids is 1. The molecule has 0 aliphatic carbocycles. The highest BCUT2D eigenvalue weighted by Gasteiger charge is 2.25.